The average molecular weight is 264 g/mol. The zero-order valence-corrected chi connectivity index (χ0v) is 10.6. The molecule has 0 amide bonds. The second-order valence-electron chi connectivity index (χ2n) is 4.92. The van der Waals surface area contributed by atoms with E-state index in [0.717, 1.165) is 26.8 Å². The number of allylic oxidation sites excluding steroid dienone is 2. The summed E-state index contributed by atoms with van der Waals surface area (Å²) in [5.41, 5.74) is 0.841. The van der Waals surface area contributed by atoms with E-state index in [-0.39, 0.29) is 0 Å². The monoisotopic (exact) mass is 264 g/mol. The van der Waals surface area contributed by atoms with Gasteiger partial charge in [0.2, 0.25) is 0 Å². The Morgan fingerprint density at radius 1 is 1.30 bits per heavy atom. The molecule has 0 bridgehead atoms. The summed E-state index contributed by atoms with van der Waals surface area (Å²) in [5.74, 6) is -1.39. The topological polar surface area (TPSA) is 58.0 Å². The fourth-order valence-electron chi connectivity index (χ4n) is 2.90. The van der Waals surface area contributed by atoms with E-state index in [0.29, 0.717) is 0 Å². The van der Waals surface area contributed by atoms with E-state index in [1.54, 1.807) is 6.08 Å². The maximum Gasteiger partial charge on any atom is 0.314 e. The molecule has 2 aromatic rings. The van der Waals surface area contributed by atoms with E-state index >= 15 is 0 Å². The van der Waals surface area contributed by atoms with Crippen LogP contribution in [0.2, 0.25) is 0 Å². The van der Waals surface area contributed by atoms with Crippen molar-refractivity contribution >= 4 is 24.3 Å². The minimum Gasteiger partial charge on any atom is -0.481 e. The minimum absolute atomic E-state index is 0.575. The van der Waals surface area contributed by atoms with Crippen molar-refractivity contribution in [3.63, 3.8) is 0 Å². The van der Waals surface area contributed by atoms with Crippen molar-refractivity contribution in [1.82, 2.24) is 9.55 Å². The molecule has 0 spiro atoms. The van der Waals surface area contributed by atoms with E-state index in [9.17, 15) is 9.90 Å². The number of aliphatic carboxylic acids is 1. The molecule has 1 unspecified atom stereocenters. The van der Waals surface area contributed by atoms with Gasteiger partial charge in [0.15, 0.2) is 0 Å². The van der Waals surface area contributed by atoms with E-state index in [1.165, 1.54) is 0 Å². The van der Waals surface area contributed by atoms with Gasteiger partial charge in [-0.3, -0.25) is 4.79 Å². The van der Waals surface area contributed by atoms with Crippen LogP contribution >= 0.6 is 0 Å². The smallest absolute Gasteiger partial charge is 0.314 e. The molecule has 1 atom stereocenters. The number of nitrogens with one attached hydrogen (secondary N) is 1. The van der Waals surface area contributed by atoms with Crippen LogP contribution in [0.15, 0.2) is 36.6 Å². The molecule has 0 radical (unpaired) electrons. The van der Waals surface area contributed by atoms with E-state index in [4.69, 9.17) is 0 Å². The standard InChI is InChI=1S/C16H12N2O2/c19-16(20)10-3-1-5-14-12(10)9-15-11-6-7-17-13(11)4-2-8-18(14)15/h1-10,17H,(H,19,20). The molecule has 3 heterocycles. The molecule has 0 saturated heterocycles. The van der Waals surface area contributed by atoms with Crippen LogP contribution in [0.4, 0.5) is 0 Å². The second kappa shape index (κ2) is 3.87. The van der Waals surface area contributed by atoms with Crippen molar-refractivity contribution in [3.8, 4) is 0 Å². The van der Waals surface area contributed by atoms with Crippen LogP contribution in [0.25, 0.3) is 18.4 Å². The van der Waals surface area contributed by atoms with Crippen molar-refractivity contribution in [2.75, 3.05) is 0 Å². The fraction of sp³-hybridized carbons (Fsp3) is 0.0625. The van der Waals surface area contributed by atoms with Gasteiger partial charge in [-0.1, -0.05) is 12.2 Å². The van der Waals surface area contributed by atoms with Crippen molar-refractivity contribution in [2.24, 2.45) is 0 Å². The lowest BCUT2D eigenvalue weighted by Crippen LogP contribution is -2.23. The van der Waals surface area contributed by atoms with Crippen LogP contribution < -0.4 is 10.7 Å². The van der Waals surface area contributed by atoms with Gasteiger partial charge in [0.1, 0.15) is 5.92 Å². The van der Waals surface area contributed by atoms with Gasteiger partial charge in [-0.15, -0.1) is 0 Å². The quantitative estimate of drug-likeness (QED) is 0.803. The van der Waals surface area contributed by atoms with Crippen molar-refractivity contribution in [2.45, 2.75) is 5.92 Å². The van der Waals surface area contributed by atoms with Gasteiger partial charge < -0.3 is 14.7 Å². The van der Waals surface area contributed by atoms with Gasteiger partial charge in [-0.05, 0) is 35.9 Å². The predicted octanol–water partition coefficient (Wildman–Crippen LogP) is 0.886. The van der Waals surface area contributed by atoms with Gasteiger partial charge >= 0.3 is 5.97 Å². The Morgan fingerprint density at radius 3 is 3.05 bits per heavy atom. The molecule has 2 aliphatic rings. The summed E-state index contributed by atoms with van der Waals surface area (Å²) in [6, 6.07) is 3.99. The number of aromatic amines is 1. The number of carboxylic acid groups (broad SMARTS) is 1. The number of fused-ring (bicyclic) bond motifs is 4. The molecule has 1 aliphatic heterocycles. The van der Waals surface area contributed by atoms with Gasteiger partial charge in [0.25, 0.3) is 0 Å². The summed E-state index contributed by atoms with van der Waals surface area (Å²) in [6.45, 7) is 0. The van der Waals surface area contributed by atoms with Gasteiger partial charge in [0, 0.05) is 28.3 Å². The zero-order chi connectivity index (χ0) is 13.7. The highest BCUT2D eigenvalue weighted by Crippen LogP contribution is 2.19. The zero-order valence-electron chi connectivity index (χ0n) is 10.6. The Labute approximate surface area is 114 Å². The first-order valence-electron chi connectivity index (χ1n) is 6.44. The molecule has 98 valence electrons. The minimum atomic E-state index is -0.818. The molecule has 4 nitrogen and oxygen atoms in total. The number of carbonyl (C=O) groups is 1. The average Bonchev–Trinajstić information content (AvgIpc) is 3.00. The van der Waals surface area contributed by atoms with Crippen LogP contribution in [-0.2, 0) is 4.79 Å². The molecule has 20 heavy (non-hydrogen) atoms. The number of carboxylic acids is 1. The van der Waals surface area contributed by atoms with Crippen molar-refractivity contribution in [3.05, 3.63) is 63.4 Å². The fourth-order valence-corrected chi connectivity index (χ4v) is 2.90. The maximum absolute atomic E-state index is 11.4. The lowest BCUT2D eigenvalue weighted by atomic mass is 9.97. The molecule has 2 aromatic heterocycles. The van der Waals surface area contributed by atoms with Crippen LogP contribution in [0, 0.1) is 10.6 Å². The number of aromatic nitrogens is 2. The highest BCUT2D eigenvalue weighted by atomic mass is 16.4. The van der Waals surface area contributed by atoms with Crippen LogP contribution in [-0.4, -0.2) is 20.6 Å². The molecule has 4 heteroatoms. The number of hydrogen-bond acceptors (Lipinski definition) is 1. The first kappa shape index (κ1) is 11.1. The summed E-state index contributed by atoms with van der Waals surface area (Å²) in [6.07, 6.45) is 13.3. The first-order chi connectivity index (χ1) is 9.75. The van der Waals surface area contributed by atoms with Gasteiger partial charge in [-0.25, -0.2) is 0 Å². The molecule has 0 aromatic carbocycles. The first-order valence-corrected chi connectivity index (χ1v) is 6.44. The summed E-state index contributed by atoms with van der Waals surface area (Å²) in [7, 11) is 0. The largest absolute Gasteiger partial charge is 0.481 e. The Balaban J connectivity index is 2.22. The Bertz CT molecular complexity index is 986. The summed E-state index contributed by atoms with van der Waals surface area (Å²) < 4.78 is 2.05. The highest BCUT2D eigenvalue weighted by Gasteiger charge is 2.22. The van der Waals surface area contributed by atoms with Crippen LogP contribution in [0.1, 0.15) is 11.5 Å². The number of rotatable bonds is 1. The number of hydrogen-bond donors (Lipinski definition) is 2. The van der Waals surface area contributed by atoms with E-state index < -0.39 is 11.9 Å². The lowest BCUT2D eigenvalue weighted by molar-refractivity contribution is -0.137. The molecule has 0 fully saturated rings. The predicted molar refractivity (Wildman–Crippen MR) is 75.9 cm³/mol. The molecular formula is C16H12N2O2. The van der Waals surface area contributed by atoms with E-state index in [1.807, 2.05) is 53.4 Å². The normalized spacial score (nSPS) is 18.3. The molecule has 0 saturated carbocycles. The lowest BCUT2D eigenvalue weighted by Gasteiger charge is -2.09. The Morgan fingerprint density at radius 2 is 2.20 bits per heavy atom. The summed E-state index contributed by atoms with van der Waals surface area (Å²) in [4.78, 5) is 14.6. The van der Waals surface area contributed by atoms with Crippen molar-refractivity contribution < 1.29 is 9.90 Å². The molecule has 1 aliphatic carbocycles. The number of H-pyrrole nitrogens is 1. The maximum atomic E-state index is 11.4. The van der Waals surface area contributed by atoms with Crippen LogP contribution in [0.3, 0.4) is 0 Å². The molecule has 4 rings (SSSR count). The Hall–Kier alpha value is -2.75. The SMILES string of the molecule is O=C(O)C1C=CC=c2c1cc1n2C=CC=c2[nH]ccc2=1. The molecule has 2 N–H and O–H groups in total. The third-order valence-electron chi connectivity index (χ3n) is 3.82. The Kier molecular flexibility index (Phi) is 2.15. The van der Waals surface area contributed by atoms with Crippen molar-refractivity contribution in [1.29, 1.82) is 0 Å². The molecular weight excluding hydrogens is 252 g/mol. The third-order valence-corrected chi connectivity index (χ3v) is 3.82. The highest BCUT2D eigenvalue weighted by molar-refractivity contribution is 5.80. The number of nitrogens with zero attached hydrogens (tertiary/aromatic N) is 1. The third kappa shape index (κ3) is 1.39. The summed E-state index contributed by atoms with van der Waals surface area (Å²) in [5, 5.41) is 13.4. The van der Waals surface area contributed by atoms with Gasteiger partial charge in [-0.2, -0.15) is 0 Å². The summed E-state index contributed by atoms with van der Waals surface area (Å²) >= 11 is 0. The van der Waals surface area contributed by atoms with E-state index in [2.05, 4.69) is 4.98 Å². The van der Waals surface area contributed by atoms with Gasteiger partial charge in [0.05, 0.1) is 5.35 Å². The van der Waals surface area contributed by atoms with Crippen LogP contribution in [0.5, 0.6) is 0 Å². The second-order valence-corrected chi connectivity index (χ2v) is 4.92.